The van der Waals surface area contributed by atoms with Crippen molar-refractivity contribution in [2.45, 2.75) is 50.7 Å². The summed E-state index contributed by atoms with van der Waals surface area (Å²) in [4.78, 5) is 0. The van der Waals surface area contributed by atoms with Crippen molar-refractivity contribution in [3.8, 4) is 0 Å². The molecule has 6 nitrogen and oxygen atoms in total. The molecule has 1 heterocycles. The molecule has 0 spiro atoms. The summed E-state index contributed by atoms with van der Waals surface area (Å²) in [5.74, 6) is 0. The van der Waals surface area contributed by atoms with Gasteiger partial charge >= 0.3 is 0 Å². The van der Waals surface area contributed by atoms with Crippen LogP contribution in [0, 0.1) is 0 Å². The fraction of sp³-hybridized carbons (Fsp3) is 1.00. The van der Waals surface area contributed by atoms with Gasteiger partial charge in [0.1, 0.15) is 24.4 Å². The van der Waals surface area contributed by atoms with E-state index in [1.807, 2.05) is 0 Å². The summed E-state index contributed by atoms with van der Waals surface area (Å²) in [5.41, 5.74) is 0. The van der Waals surface area contributed by atoms with Gasteiger partial charge in [-0.1, -0.05) is 0 Å². The molecule has 1 fully saturated rings. The van der Waals surface area contributed by atoms with Crippen LogP contribution in [0.1, 0.15) is 13.8 Å². The second-order valence-electron chi connectivity index (χ2n) is 3.88. The van der Waals surface area contributed by atoms with Gasteiger partial charge in [-0.25, -0.2) is 0 Å². The van der Waals surface area contributed by atoms with Gasteiger partial charge in [0.15, 0.2) is 6.29 Å². The van der Waals surface area contributed by atoms with Gasteiger partial charge in [-0.2, -0.15) is 0 Å². The first-order chi connectivity index (χ1) is 6.97. The molecular weight excluding hydrogens is 204 g/mol. The quantitative estimate of drug-likeness (QED) is 0.450. The van der Waals surface area contributed by atoms with E-state index in [-0.39, 0.29) is 6.10 Å². The van der Waals surface area contributed by atoms with Crippen LogP contribution in [0.5, 0.6) is 0 Å². The lowest BCUT2D eigenvalue weighted by Gasteiger charge is -2.40. The predicted molar refractivity (Wildman–Crippen MR) is 50.0 cm³/mol. The van der Waals surface area contributed by atoms with Crippen LogP contribution in [0.4, 0.5) is 0 Å². The Kier molecular flexibility index (Phi) is 4.45. The van der Waals surface area contributed by atoms with Crippen molar-refractivity contribution in [1.29, 1.82) is 0 Å². The second kappa shape index (κ2) is 5.20. The summed E-state index contributed by atoms with van der Waals surface area (Å²) in [6, 6.07) is 0. The van der Waals surface area contributed by atoms with Gasteiger partial charge in [-0.05, 0) is 13.8 Å². The minimum atomic E-state index is -1.38. The van der Waals surface area contributed by atoms with Gasteiger partial charge in [-0.3, -0.25) is 0 Å². The van der Waals surface area contributed by atoms with E-state index in [4.69, 9.17) is 14.6 Å². The zero-order chi connectivity index (χ0) is 11.6. The van der Waals surface area contributed by atoms with Crippen molar-refractivity contribution >= 4 is 0 Å². The molecule has 0 aliphatic carbocycles. The third kappa shape index (κ3) is 2.87. The molecule has 1 rings (SSSR count). The number of aliphatic hydroxyl groups excluding tert-OH is 4. The van der Waals surface area contributed by atoms with E-state index in [9.17, 15) is 15.3 Å². The van der Waals surface area contributed by atoms with Crippen LogP contribution in [-0.2, 0) is 9.47 Å². The summed E-state index contributed by atoms with van der Waals surface area (Å²) in [6.45, 7) is 3.06. The molecular formula is C9H18O6. The molecule has 0 aromatic rings. The summed E-state index contributed by atoms with van der Waals surface area (Å²) in [6.07, 6.45) is -6.15. The van der Waals surface area contributed by atoms with Crippen LogP contribution in [0.25, 0.3) is 0 Å². The number of hydrogen-bond acceptors (Lipinski definition) is 6. The minimum Gasteiger partial charge on any atom is -0.394 e. The fourth-order valence-electron chi connectivity index (χ4n) is 1.45. The molecule has 1 aliphatic rings. The molecule has 1 aliphatic heterocycles. The van der Waals surface area contributed by atoms with Crippen molar-refractivity contribution in [1.82, 2.24) is 0 Å². The molecule has 0 aromatic carbocycles. The van der Waals surface area contributed by atoms with Crippen LogP contribution in [0.3, 0.4) is 0 Å². The second-order valence-corrected chi connectivity index (χ2v) is 3.88. The van der Waals surface area contributed by atoms with Crippen molar-refractivity contribution in [2.24, 2.45) is 0 Å². The van der Waals surface area contributed by atoms with Gasteiger partial charge in [-0.15, -0.1) is 0 Å². The first-order valence-electron chi connectivity index (χ1n) is 4.93. The number of rotatable bonds is 3. The molecule has 1 saturated heterocycles. The number of aliphatic hydroxyl groups is 4. The normalized spacial score (nSPS) is 42.2. The number of hydrogen-bond donors (Lipinski definition) is 4. The highest BCUT2D eigenvalue weighted by Gasteiger charge is 2.44. The van der Waals surface area contributed by atoms with Gasteiger partial charge < -0.3 is 29.9 Å². The Labute approximate surface area is 88.1 Å². The van der Waals surface area contributed by atoms with Gasteiger partial charge in [0, 0.05) is 0 Å². The Hall–Kier alpha value is -0.240. The van der Waals surface area contributed by atoms with E-state index in [1.54, 1.807) is 13.8 Å². The van der Waals surface area contributed by atoms with E-state index in [1.165, 1.54) is 0 Å². The van der Waals surface area contributed by atoms with Crippen molar-refractivity contribution in [2.75, 3.05) is 6.61 Å². The van der Waals surface area contributed by atoms with Crippen LogP contribution >= 0.6 is 0 Å². The average Bonchev–Trinajstić information content (AvgIpc) is 2.18. The molecule has 0 saturated carbocycles. The Morgan fingerprint density at radius 2 is 1.73 bits per heavy atom. The molecule has 90 valence electrons. The summed E-state index contributed by atoms with van der Waals surface area (Å²) >= 11 is 0. The minimum absolute atomic E-state index is 0.188. The van der Waals surface area contributed by atoms with Crippen LogP contribution in [0.2, 0.25) is 0 Å². The van der Waals surface area contributed by atoms with Gasteiger partial charge in [0.05, 0.1) is 12.7 Å². The SMILES string of the molecule is CC(C)O[C@H]1O[C@H](CO)[C@@H](O)[C@H](O)[C@@H]1O. The maximum Gasteiger partial charge on any atom is 0.186 e. The largest absolute Gasteiger partial charge is 0.394 e. The molecule has 0 aromatic heterocycles. The fourth-order valence-corrected chi connectivity index (χ4v) is 1.45. The van der Waals surface area contributed by atoms with E-state index < -0.39 is 37.3 Å². The first kappa shape index (κ1) is 12.8. The maximum absolute atomic E-state index is 9.53. The van der Waals surface area contributed by atoms with Crippen molar-refractivity contribution in [3.63, 3.8) is 0 Å². The van der Waals surface area contributed by atoms with Gasteiger partial charge in [0.25, 0.3) is 0 Å². The monoisotopic (exact) mass is 222 g/mol. The standard InChI is InChI=1S/C9H18O6/c1-4(2)14-9-8(13)7(12)6(11)5(3-10)15-9/h4-13H,3H2,1-2H3/t5-,6-,7+,8+,9+/m1/s1. The summed E-state index contributed by atoms with van der Waals surface area (Å²) in [5, 5.41) is 37.3. The first-order valence-corrected chi connectivity index (χ1v) is 4.93. The Bertz CT molecular complexity index is 195. The number of ether oxygens (including phenoxy) is 2. The van der Waals surface area contributed by atoms with E-state index in [2.05, 4.69) is 0 Å². The zero-order valence-electron chi connectivity index (χ0n) is 8.78. The molecule has 0 unspecified atom stereocenters. The van der Waals surface area contributed by atoms with Crippen LogP contribution in [0.15, 0.2) is 0 Å². The third-order valence-electron chi connectivity index (χ3n) is 2.25. The third-order valence-corrected chi connectivity index (χ3v) is 2.25. The smallest absolute Gasteiger partial charge is 0.186 e. The molecule has 5 atom stereocenters. The molecule has 0 bridgehead atoms. The maximum atomic E-state index is 9.53. The summed E-state index contributed by atoms with van der Waals surface area (Å²) < 4.78 is 10.3. The van der Waals surface area contributed by atoms with E-state index >= 15 is 0 Å². The Morgan fingerprint density at radius 1 is 1.13 bits per heavy atom. The lowest BCUT2D eigenvalue weighted by Crippen LogP contribution is -2.59. The van der Waals surface area contributed by atoms with Crippen molar-refractivity contribution in [3.05, 3.63) is 0 Å². The lowest BCUT2D eigenvalue weighted by atomic mass is 9.99. The van der Waals surface area contributed by atoms with E-state index in [0.717, 1.165) is 0 Å². The molecule has 6 heteroatoms. The predicted octanol–water partition coefficient (Wildman–Crippen LogP) is -1.79. The van der Waals surface area contributed by atoms with Gasteiger partial charge in [0.2, 0.25) is 0 Å². The Balaban J connectivity index is 2.65. The highest BCUT2D eigenvalue weighted by Crippen LogP contribution is 2.22. The molecule has 4 N–H and O–H groups in total. The average molecular weight is 222 g/mol. The summed E-state index contributed by atoms with van der Waals surface area (Å²) in [7, 11) is 0. The molecule has 15 heavy (non-hydrogen) atoms. The molecule has 0 radical (unpaired) electrons. The van der Waals surface area contributed by atoms with E-state index in [0.29, 0.717) is 0 Å². The van der Waals surface area contributed by atoms with Crippen LogP contribution in [-0.4, -0.2) is 63.8 Å². The zero-order valence-corrected chi connectivity index (χ0v) is 8.78. The Morgan fingerprint density at radius 3 is 2.20 bits per heavy atom. The molecule has 0 amide bonds. The highest BCUT2D eigenvalue weighted by atomic mass is 16.7. The van der Waals surface area contributed by atoms with Crippen LogP contribution < -0.4 is 0 Å². The topological polar surface area (TPSA) is 99.4 Å². The lowest BCUT2D eigenvalue weighted by molar-refractivity contribution is -0.308. The highest BCUT2D eigenvalue weighted by molar-refractivity contribution is 4.88. The van der Waals surface area contributed by atoms with Crippen molar-refractivity contribution < 1.29 is 29.9 Å².